The van der Waals surface area contributed by atoms with E-state index in [1.165, 1.54) is 13.8 Å². The number of hydrogen-bond acceptors (Lipinski definition) is 4. The van der Waals surface area contributed by atoms with Crippen LogP contribution in [0.25, 0.3) is 0 Å². The van der Waals surface area contributed by atoms with Gasteiger partial charge in [0.25, 0.3) is 11.8 Å². The number of hydrogen-bond donors (Lipinski definition) is 2. The van der Waals surface area contributed by atoms with Gasteiger partial charge in [-0.25, -0.2) is 13.6 Å². The maximum Gasteiger partial charge on any atom is 0.329 e. The first-order chi connectivity index (χ1) is 13.2. The van der Waals surface area contributed by atoms with E-state index in [0.717, 1.165) is 17.7 Å². The lowest BCUT2D eigenvalue weighted by Gasteiger charge is -2.18. The number of nitrogens with one attached hydrogen (secondary N) is 2. The molecule has 0 bridgehead atoms. The fraction of sp³-hybridized carbons (Fsp3) is 0.250. The van der Waals surface area contributed by atoms with E-state index >= 15 is 0 Å². The van der Waals surface area contributed by atoms with Crippen LogP contribution < -0.4 is 10.6 Å². The molecule has 2 aromatic carbocycles. The minimum Gasteiger partial charge on any atom is -0.451 e. The second-order valence-corrected chi connectivity index (χ2v) is 6.26. The van der Waals surface area contributed by atoms with Gasteiger partial charge in [-0.3, -0.25) is 9.59 Å². The van der Waals surface area contributed by atoms with Gasteiger partial charge in [0, 0.05) is 11.6 Å². The number of amides is 2. The first-order valence-electron chi connectivity index (χ1n) is 8.51. The van der Waals surface area contributed by atoms with Crippen LogP contribution in [0.15, 0.2) is 42.5 Å². The maximum absolute atomic E-state index is 13.6. The Balaban J connectivity index is 1.91. The van der Waals surface area contributed by atoms with Crippen LogP contribution in [0.2, 0.25) is 0 Å². The Labute approximate surface area is 160 Å². The van der Waals surface area contributed by atoms with Gasteiger partial charge < -0.3 is 15.4 Å². The van der Waals surface area contributed by atoms with Crippen molar-refractivity contribution in [1.82, 2.24) is 5.32 Å². The Hall–Kier alpha value is -3.29. The third-order valence-corrected chi connectivity index (χ3v) is 3.83. The normalized spacial score (nSPS) is 12.6. The number of halogens is 2. The summed E-state index contributed by atoms with van der Waals surface area (Å²) < 4.78 is 31.5. The summed E-state index contributed by atoms with van der Waals surface area (Å²) in [7, 11) is 0. The average Bonchev–Trinajstić information content (AvgIpc) is 2.63. The van der Waals surface area contributed by atoms with Gasteiger partial charge in [-0.15, -0.1) is 0 Å². The number of carbonyl (C=O) groups is 3. The predicted molar refractivity (Wildman–Crippen MR) is 98.6 cm³/mol. The molecule has 6 nitrogen and oxygen atoms in total. The van der Waals surface area contributed by atoms with Crippen LogP contribution in [0.5, 0.6) is 0 Å². The third kappa shape index (κ3) is 5.60. The lowest BCUT2D eigenvalue weighted by molar-refractivity contribution is -0.154. The van der Waals surface area contributed by atoms with Gasteiger partial charge in [0.1, 0.15) is 17.7 Å². The van der Waals surface area contributed by atoms with Gasteiger partial charge in [-0.1, -0.05) is 17.7 Å². The number of ether oxygens (including phenoxy) is 1. The van der Waals surface area contributed by atoms with Crippen molar-refractivity contribution in [3.05, 3.63) is 65.2 Å². The molecule has 2 N–H and O–H groups in total. The van der Waals surface area contributed by atoms with Gasteiger partial charge in [0.05, 0.1) is 5.69 Å². The van der Waals surface area contributed by atoms with Crippen molar-refractivity contribution < 1.29 is 27.9 Å². The quantitative estimate of drug-likeness (QED) is 0.743. The van der Waals surface area contributed by atoms with Crippen LogP contribution in [-0.2, 0) is 14.3 Å². The van der Waals surface area contributed by atoms with Gasteiger partial charge in [-0.05, 0) is 45.0 Å². The van der Waals surface area contributed by atoms with Crippen LogP contribution >= 0.6 is 0 Å². The standard InChI is InChI=1S/C20H20F2N2O4/c1-11-5-4-6-14(9-11)19(26)23-12(2)20(27)28-13(3)18(25)24-17-8-7-15(21)10-16(17)22/h4-10,12-13H,1-3H3,(H,23,26)(H,24,25)/t12-,13+/m0/s1. The molecular formula is C20H20F2N2O4. The van der Waals surface area contributed by atoms with Crippen molar-refractivity contribution in [2.45, 2.75) is 32.9 Å². The fourth-order valence-corrected chi connectivity index (χ4v) is 2.28. The van der Waals surface area contributed by atoms with Crippen molar-refractivity contribution in [3.8, 4) is 0 Å². The molecule has 0 aliphatic rings. The van der Waals surface area contributed by atoms with Crippen LogP contribution in [-0.4, -0.2) is 29.9 Å². The van der Waals surface area contributed by atoms with E-state index in [1.54, 1.807) is 18.2 Å². The van der Waals surface area contributed by atoms with E-state index in [4.69, 9.17) is 4.74 Å². The molecule has 0 unspecified atom stereocenters. The second kappa shape index (κ2) is 9.07. The van der Waals surface area contributed by atoms with E-state index in [2.05, 4.69) is 10.6 Å². The van der Waals surface area contributed by atoms with Crippen LogP contribution in [0.3, 0.4) is 0 Å². The van der Waals surface area contributed by atoms with Crippen molar-refractivity contribution in [2.75, 3.05) is 5.32 Å². The molecule has 0 saturated heterocycles. The summed E-state index contributed by atoms with van der Waals surface area (Å²) in [5, 5.41) is 4.69. The highest BCUT2D eigenvalue weighted by molar-refractivity contribution is 5.98. The monoisotopic (exact) mass is 390 g/mol. The molecule has 8 heteroatoms. The van der Waals surface area contributed by atoms with E-state index in [9.17, 15) is 23.2 Å². The number of benzene rings is 2. The van der Waals surface area contributed by atoms with Crippen molar-refractivity contribution in [2.24, 2.45) is 0 Å². The first kappa shape index (κ1) is 21.0. The molecule has 2 atom stereocenters. The number of carbonyl (C=O) groups excluding carboxylic acids is 3. The van der Waals surface area contributed by atoms with E-state index in [0.29, 0.717) is 11.6 Å². The smallest absolute Gasteiger partial charge is 0.329 e. The Morgan fingerprint density at radius 1 is 1.04 bits per heavy atom. The minimum atomic E-state index is -1.25. The second-order valence-electron chi connectivity index (χ2n) is 6.26. The van der Waals surface area contributed by atoms with Crippen LogP contribution in [0, 0.1) is 18.6 Å². The van der Waals surface area contributed by atoms with Gasteiger partial charge in [-0.2, -0.15) is 0 Å². The molecule has 0 spiro atoms. The number of rotatable bonds is 6. The van der Waals surface area contributed by atoms with E-state index < -0.39 is 41.6 Å². The maximum atomic E-state index is 13.6. The lowest BCUT2D eigenvalue weighted by Crippen LogP contribution is -2.42. The van der Waals surface area contributed by atoms with Gasteiger partial charge in [0.15, 0.2) is 6.10 Å². The number of aryl methyl sites for hydroxylation is 1. The summed E-state index contributed by atoms with van der Waals surface area (Å²) in [4.78, 5) is 36.3. The summed E-state index contributed by atoms with van der Waals surface area (Å²) in [6.07, 6.45) is -1.25. The summed E-state index contributed by atoms with van der Waals surface area (Å²) in [6, 6.07) is 8.47. The molecule has 0 heterocycles. The summed E-state index contributed by atoms with van der Waals surface area (Å²) in [5.74, 6) is -3.82. The largest absolute Gasteiger partial charge is 0.451 e. The van der Waals surface area contributed by atoms with Crippen LogP contribution in [0.1, 0.15) is 29.8 Å². The topological polar surface area (TPSA) is 84.5 Å². The zero-order chi connectivity index (χ0) is 20.8. The molecule has 2 aromatic rings. The molecule has 148 valence electrons. The van der Waals surface area contributed by atoms with Crippen LogP contribution in [0.4, 0.5) is 14.5 Å². The SMILES string of the molecule is Cc1cccc(C(=O)N[C@@H](C)C(=O)O[C@H](C)C(=O)Nc2ccc(F)cc2F)c1. The number of anilines is 1. The molecule has 28 heavy (non-hydrogen) atoms. The van der Waals surface area contributed by atoms with Crippen molar-refractivity contribution in [1.29, 1.82) is 0 Å². The summed E-state index contributed by atoms with van der Waals surface area (Å²) in [6.45, 7) is 4.54. The molecule has 0 aliphatic carbocycles. The highest BCUT2D eigenvalue weighted by Gasteiger charge is 2.24. The molecule has 0 aliphatic heterocycles. The zero-order valence-corrected chi connectivity index (χ0v) is 15.6. The predicted octanol–water partition coefficient (Wildman–Crippen LogP) is 2.96. The molecule has 2 amide bonds. The molecule has 0 fully saturated rings. The average molecular weight is 390 g/mol. The Bertz CT molecular complexity index is 902. The summed E-state index contributed by atoms with van der Waals surface area (Å²) in [5.41, 5.74) is 1.04. The van der Waals surface area contributed by atoms with Gasteiger partial charge in [0.2, 0.25) is 0 Å². The fourth-order valence-electron chi connectivity index (χ4n) is 2.28. The number of esters is 1. The third-order valence-electron chi connectivity index (χ3n) is 3.83. The Morgan fingerprint density at radius 3 is 2.39 bits per heavy atom. The lowest BCUT2D eigenvalue weighted by atomic mass is 10.1. The molecule has 2 rings (SSSR count). The molecular weight excluding hydrogens is 370 g/mol. The zero-order valence-electron chi connectivity index (χ0n) is 15.6. The van der Waals surface area contributed by atoms with Crippen molar-refractivity contribution >= 4 is 23.5 Å². The highest BCUT2D eigenvalue weighted by Crippen LogP contribution is 2.15. The molecule has 0 aromatic heterocycles. The van der Waals surface area contributed by atoms with E-state index in [1.807, 2.05) is 13.0 Å². The van der Waals surface area contributed by atoms with E-state index in [-0.39, 0.29) is 5.69 Å². The molecule has 0 saturated carbocycles. The Kier molecular flexibility index (Phi) is 6.81. The first-order valence-corrected chi connectivity index (χ1v) is 8.51. The van der Waals surface area contributed by atoms with Gasteiger partial charge >= 0.3 is 5.97 Å². The van der Waals surface area contributed by atoms with Crippen molar-refractivity contribution in [3.63, 3.8) is 0 Å². The molecule has 0 radical (unpaired) electrons. The Morgan fingerprint density at radius 2 is 1.75 bits per heavy atom. The summed E-state index contributed by atoms with van der Waals surface area (Å²) >= 11 is 0. The minimum absolute atomic E-state index is 0.241. The highest BCUT2D eigenvalue weighted by atomic mass is 19.1.